The van der Waals surface area contributed by atoms with Crippen molar-refractivity contribution < 1.29 is 9.53 Å². The maximum absolute atomic E-state index is 12.8. The summed E-state index contributed by atoms with van der Waals surface area (Å²) in [4.78, 5) is 12.8. The Morgan fingerprint density at radius 2 is 1.90 bits per heavy atom. The van der Waals surface area contributed by atoms with Crippen molar-refractivity contribution in [1.29, 1.82) is 0 Å². The second-order valence-electron chi connectivity index (χ2n) is 5.94. The first-order valence-corrected chi connectivity index (χ1v) is 7.65. The highest BCUT2D eigenvalue weighted by atomic mass is 16.5. The van der Waals surface area contributed by atoms with Gasteiger partial charge in [0.15, 0.2) is 5.78 Å². The largest absolute Gasteiger partial charge is 0.490 e. The molecule has 1 fully saturated rings. The Labute approximate surface area is 121 Å². The second-order valence-corrected chi connectivity index (χ2v) is 5.94. The molecule has 0 saturated heterocycles. The summed E-state index contributed by atoms with van der Waals surface area (Å²) in [6, 6.07) is 7.51. The molecule has 0 amide bonds. The van der Waals surface area contributed by atoms with E-state index in [4.69, 9.17) is 10.5 Å². The van der Waals surface area contributed by atoms with Gasteiger partial charge in [0, 0.05) is 12.0 Å². The minimum atomic E-state index is -0.0607. The van der Waals surface area contributed by atoms with Crippen LogP contribution in [0.15, 0.2) is 24.3 Å². The number of para-hydroxylation sites is 1. The molecule has 2 atom stereocenters. The lowest BCUT2D eigenvalue weighted by molar-refractivity contribution is 0.0889. The van der Waals surface area contributed by atoms with Gasteiger partial charge in [-0.3, -0.25) is 4.79 Å². The molecule has 0 bridgehead atoms. The molecular formula is C17H25NO2. The second kappa shape index (κ2) is 6.89. The molecule has 0 heterocycles. The number of ether oxygens (including phenoxy) is 1. The first kappa shape index (κ1) is 15.0. The third-order valence-corrected chi connectivity index (χ3v) is 3.92. The molecule has 2 unspecified atom stereocenters. The van der Waals surface area contributed by atoms with E-state index >= 15 is 0 Å². The molecule has 0 aromatic heterocycles. The maximum Gasteiger partial charge on any atom is 0.171 e. The van der Waals surface area contributed by atoms with Crippen LogP contribution in [0.4, 0.5) is 0 Å². The molecule has 2 N–H and O–H groups in total. The predicted molar refractivity (Wildman–Crippen MR) is 81.1 cm³/mol. The normalized spacial score (nSPS) is 23.4. The van der Waals surface area contributed by atoms with Gasteiger partial charge in [0.05, 0.1) is 11.7 Å². The van der Waals surface area contributed by atoms with Gasteiger partial charge in [-0.2, -0.15) is 0 Å². The number of carbonyl (C=O) groups excluding carboxylic acids is 1. The molecule has 1 saturated carbocycles. The van der Waals surface area contributed by atoms with E-state index in [0.29, 0.717) is 11.3 Å². The first-order valence-electron chi connectivity index (χ1n) is 7.65. The SMILES string of the molecule is CC(C)Oc1ccccc1C(=O)C1CCCCCC1N. The first-order chi connectivity index (χ1) is 9.59. The molecule has 3 heteroatoms. The quantitative estimate of drug-likeness (QED) is 0.675. The smallest absolute Gasteiger partial charge is 0.171 e. The van der Waals surface area contributed by atoms with Gasteiger partial charge in [0.1, 0.15) is 5.75 Å². The Bertz CT molecular complexity index is 456. The van der Waals surface area contributed by atoms with Gasteiger partial charge in [-0.1, -0.05) is 31.4 Å². The van der Waals surface area contributed by atoms with Gasteiger partial charge in [-0.15, -0.1) is 0 Å². The summed E-state index contributed by atoms with van der Waals surface area (Å²) in [5, 5.41) is 0. The zero-order valence-corrected chi connectivity index (χ0v) is 12.5. The molecule has 20 heavy (non-hydrogen) atoms. The van der Waals surface area contributed by atoms with Crippen LogP contribution in [0.2, 0.25) is 0 Å². The molecule has 0 radical (unpaired) electrons. The van der Waals surface area contributed by atoms with Gasteiger partial charge in [-0.25, -0.2) is 0 Å². The van der Waals surface area contributed by atoms with Crippen LogP contribution in [0.1, 0.15) is 56.3 Å². The van der Waals surface area contributed by atoms with E-state index < -0.39 is 0 Å². The molecule has 1 aromatic carbocycles. The molecule has 2 rings (SSSR count). The van der Waals surface area contributed by atoms with Crippen molar-refractivity contribution in [3.63, 3.8) is 0 Å². The van der Waals surface area contributed by atoms with Crippen molar-refractivity contribution in [2.75, 3.05) is 0 Å². The van der Waals surface area contributed by atoms with Gasteiger partial charge in [-0.05, 0) is 38.8 Å². The Balaban J connectivity index is 2.23. The number of hydrogen-bond acceptors (Lipinski definition) is 3. The summed E-state index contributed by atoms with van der Waals surface area (Å²) in [5.41, 5.74) is 6.89. The van der Waals surface area contributed by atoms with E-state index in [1.165, 1.54) is 6.42 Å². The lowest BCUT2D eigenvalue weighted by Gasteiger charge is -2.22. The number of Topliss-reactive ketones (excluding diaryl/α,β-unsaturated/α-hetero) is 1. The highest BCUT2D eigenvalue weighted by Crippen LogP contribution is 2.29. The van der Waals surface area contributed by atoms with E-state index in [0.717, 1.165) is 25.7 Å². The summed E-state index contributed by atoms with van der Waals surface area (Å²) in [7, 11) is 0. The fourth-order valence-corrected chi connectivity index (χ4v) is 2.89. The number of nitrogens with two attached hydrogens (primary N) is 1. The number of benzene rings is 1. The van der Waals surface area contributed by atoms with E-state index in [2.05, 4.69) is 0 Å². The molecule has 1 aliphatic carbocycles. The fraction of sp³-hybridized carbons (Fsp3) is 0.588. The molecule has 110 valence electrons. The molecule has 1 aromatic rings. The molecule has 1 aliphatic rings. The summed E-state index contributed by atoms with van der Waals surface area (Å²) in [5.74, 6) is 0.772. The minimum absolute atomic E-state index is 0.0166. The fourth-order valence-electron chi connectivity index (χ4n) is 2.89. The summed E-state index contributed by atoms with van der Waals surface area (Å²) in [6.45, 7) is 3.94. The Morgan fingerprint density at radius 3 is 2.65 bits per heavy atom. The van der Waals surface area contributed by atoms with Crippen LogP contribution in [0.25, 0.3) is 0 Å². The highest BCUT2D eigenvalue weighted by molar-refractivity contribution is 6.00. The van der Waals surface area contributed by atoms with Crippen LogP contribution < -0.4 is 10.5 Å². The van der Waals surface area contributed by atoms with Crippen LogP contribution >= 0.6 is 0 Å². The lowest BCUT2D eigenvalue weighted by Crippen LogP contribution is -2.34. The maximum atomic E-state index is 12.8. The molecule has 0 spiro atoms. The Kier molecular flexibility index (Phi) is 5.18. The van der Waals surface area contributed by atoms with Crippen molar-refractivity contribution in [3.8, 4) is 5.75 Å². The third-order valence-electron chi connectivity index (χ3n) is 3.92. The predicted octanol–water partition coefficient (Wildman–Crippen LogP) is 3.56. The topological polar surface area (TPSA) is 52.3 Å². The van der Waals surface area contributed by atoms with Crippen LogP contribution in [-0.4, -0.2) is 17.9 Å². The van der Waals surface area contributed by atoms with Gasteiger partial charge in [0.25, 0.3) is 0 Å². The summed E-state index contributed by atoms with van der Waals surface area (Å²) >= 11 is 0. The number of rotatable bonds is 4. The number of carbonyl (C=O) groups is 1. The van der Waals surface area contributed by atoms with Crippen LogP contribution in [0.5, 0.6) is 5.75 Å². The zero-order valence-electron chi connectivity index (χ0n) is 12.5. The number of hydrogen-bond donors (Lipinski definition) is 1. The molecule has 3 nitrogen and oxygen atoms in total. The number of ketones is 1. The van der Waals surface area contributed by atoms with Crippen molar-refractivity contribution >= 4 is 5.78 Å². The van der Waals surface area contributed by atoms with Gasteiger partial charge in [0.2, 0.25) is 0 Å². The highest BCUT2D eigenvalue weighted by Gasteiger charge is 2.29. The van der Waals surface area contributed by atoms with Crippen molar-refractivity contribution in [3.05, 3.63) is 29.8 Å². The van der Waals surface area contributed by atoms with Crippen molar-refractivity contribution in [2.24, 2.45) is 11.7 Å². The summed E-state index contributed by atoms with van der Waals surface area (Å²) < 4.78 is 5.76. The molecule has 0 aliphatic heterocycles. The Morgan fingerprint density at radius 1 is 1.20 bits per heavy atom. The monoisotopic (exact) mass is 275 g/mol. The van der Waals surface area contributed by atoms with Crippen LogP contribution in [-0.2, 0) is 0 Å². The third kappa shape index (κ3) is 3.60. The zero-order chi connectivity index (χ0) is 14.5. The standard InChI is InChI=1S/C17H25NO2/c1-12(2)20-16-11-7-6-9-14(16)17(19)13-8-4-3-5-10-15(13)18/h6-7,9,11-13,15H,3-5,8,10,18H2,1-2H3. The Hall–Kier alpha value is -1.35. The van der Waals surface area contributed by atoms with E-state index in [1.54, 1.807) is 0 Å². The van der Waals surface area contributed by atoms with E-state index in [-0.39, 0.29) is 23.8 Å². The van der Waals surface area contributed by atoms with Gasteiger partial charge >= 0.3 is 0 Å². The van der Waals surface area contributed by atoms with E-state index in [1.807, 2.05) is 38.1 Å². The van der Waals surface area contributed by atoms with Gasteiger partial charge < -0.3 is 10.5 Å². The molecular weight excluding hydrogens is 250 g/mol. The average molecular weight is 275 g/mol. The van der Waals surface area contributed by atoms with E-state index in [9.17, 15) is 4.79 Å². The minimum Gasteiger partial charge on any atom is -0.490 e. The van der Waals surface area contributed by atoms with Crippen LogP contribution in [0.3, 0.4) is 0 Å². The van der Waals surface area contributed by atoms with Crippen LogP contribution in [0, 0.1) is 5.92 Å². The van der Waals surface area contributed by atoms with Crippen molar-refractivity contribution in [1.82, 2.24) is 0 Å². The van der Waals surface area contributed by atoms with Crippen molar-refractivity contribution in [2.45, 2.75) is 58.1 Å². The average Bonchev–Trinajstić information content (AvgIpc) is 2.62. The summed E-state index contributed by atoms with van der Waals surface area (Å²) in [6.07, 6.45) is 5.32. The lowest BCUT2D eigenvalue weighted by atomic mass is 9.87.